The molecule has 0 aromatic carbocycles. The Balaban J connectivity index is 4.30. The van der Waals surface area contributed by atoms with Crippen LogP contribution in [0.1, 0.15) is 194 Å². The van der Waals surface area contributed by atoms with Gasteiger partial charge in [-0.2, -0.15) is 0 Å². The van der Waals surface area contributed by atoms with Crippen molar-refractivity contribution in [1.82, 2.24) is 0 Å². The maximum absolute atomic E-state index is 12.7. The summed E-state index contributed by atoms with van der Waals surface area (Å²) in [6, 6.07) is -0.621. The molecule has 330 valence electrons. The Morgan fingerprint density at radius 1 is 0.544 bits per heavy atom. The Kier molecular flexibility index (Phi) is 38.2. The van der Waals surface area contributed by atoms with Gasteiger partial charge in [0.1, 0.15) is 6.61 Å². The second-order valence-corrected chi connectivity index (χ2v) is 16.6. The van der Waals surface area contributed by atoms with Crippen LogP contribution in [0.4, 0.5) is 0 Å². The maximum Gasteiger partial charge on any atom is 0.362 e. The monoisotopic (exact) mass is 803 g/mol. The number of ether oxygens (including phenoxy) is 3. The molecular formula is C49H88NO7+. The van der Waals surface area contributed by atoms with Crippen LogP contribution >= 0.6 is 0 Å². The first-order chi connectivity index (χ1) is 27.6. The third kappa shape index (κ3) is 38.6. The van der Waals surface area contributed by atoms with Gasteiger partial charge in [0.15, 0.2) is 12.1 Å². The molecule has 8 heteroatoms. The topological polar surface area (TPSA) is 99.1 Å². The molecule has 0 aliphatic rings. The van der Waals surface area contributed by atoms with Gasteiger partial charge in [0.2, 0.25) is 0 Å². The number of esters is 2. The zero-order valence-corrected chi connectivity index (χ0v) is 37.5. The molecule has 0 aromatic rings. The van der Waals surface area contributed by atoms with Gasteiger partial charge in [0.05, 0.1) is 34.4 Å². The molecule has 0 aliphatic heterocycles. The number of aliphatic carboxylic acids is 1. The van der Waals surface area contributed by atoms with E-state index in [0.717, 1.165) is 57.8 Å². The number of quaternary nitrogens is 1. The van der Waals surface area contributed by atoms with Crippen LogP contribution in [0.15, 0.2) is 48.6 Å². The first kappa shape index (κ1) is 54.3. The van der Waals surface area contributed by atoms with Crippen molar-refractivity contribution in [2.75, 3.05) is 41.0 Å². The van der Waals surface area contributed by atoms with E-state index in [1.165, 1.54) is 103 Å². The molecule has 0 bridgehead atoms. The Bertz CT molecular complexity index is 1070. The van der Waals surface area contributed by atoms with Crippen molar-refractivity contribution in [3.63, 3.8) is 0 Å². The van der Waals surface area contributed by atoms with Crippen LogP contribution < -0.4 is 0 Å². The minimum atomic E-state index is -0.882. The van der Waals surface area contributed by atoms with Crippen molar-refractivity contribution >= 4 is 17.9 Å². The number of carboxylic acid groups (broad SMARTS) is 1. The average molecular weight is 803 g/mol. The van der Waals surface area contributed by atoms with Crippen LogP contribution in [0.25, 0.3) is 0 Å². The van der Waals surface area contributed by atoms with Crippen molar-refractivity contribution in [2.24, 2.45) is 0 Å². The molecule has 0 heterocycles. The number of carbonyl (C=O) groups is 3. The molecule has 2 atom stereocenters. The summed E-state index contributed by atoms with van der Waals surface area (Å²) in [5.41, 5.74) is 0. The summed E-state index contributed by atoms with van der Waals surface area (Å²) in [5, 5.41) is 9.62. The number of carboxylic acids is 1. The Labute approximate surface area is 350 Å². The summed E-state index contributed by atoms with van der Waals surface area (Å²) in [5.74, 6) is -1.52. The fourth-order valence-corrected chi connectivity index (χ4v) is 6.63. The van der Waals surface area contributed by atoms with Crippen LogP contribution in [0.5, 0.6) is 0 Å². The van der Waals surface area contributed by atoms with E-state index in [1.807, 2.05) is 21.1 Å². The molecule has 0 saturated carbocycles. The van der Waals surface area contributed by atoms with E-state index in [1.54, 1.807) is 0 Å². The zero-order chi connectivity index (χ0) is 42.1. The van der Waals surface area contributed by atoms with Gasteiger partial charge in [0, 0.05) is 19.3 Å². The Morgan fingerprint density at radius 2 is 0.982 bits per heavy atom. The van der Waals surface area contributed by atoms with Gasteiger partial charge in [-0.25, -0.2) is 4.79 Å². The van der Waals surface area contributed by atoms with Crippen molar-refractivity contribution < 1.29 is 38.2 Å². The molecule has 0 aliphatic carbocycles. The highest BCUT2D eigenvalue weighted by molar-refractivity contribution is 5.72. The molecule has 0 fully saturated rings. The molecule has 0 aromatic heterocycles. The molecular weight excluding hydrogens is 715 g/mol. The Hall–Kier alpha value is -2.71. The highest BCUT2D eigenvalue weighted by Crippen LogP contribution is 2.14. The lowest BCUT2D eigenvalue weighted by Crippen LogP contribution is -2.50. The summed E-state index contributed by atoms with van der Waals surface area (Å²) in [7, 11) is 5.51. The molecule has 0 saturated heterocycles. The smallest absolute Gasteiger partial charge is 0.362 e. The third-order valence-electron chi connectivity index (χ3n) is 10.2. The molecule has 57 heavy (non-hydrogen) atoms. The maximum atomic E-state index is 12.7. The van der Waals surface area contributed by atoms with E-state index in [9.17, 15) is 19.5 Å². The van der Waals surface area contributed by atoms with E-state index in [4.69, 9.17) is 14.2 Å². The van der Waals surface area contributed by atoms with E-state index in [0.29, 0.717) is 19.3 Å². The lowest BCUT2D eigenvalue weighted by molar-refractivity contribution is -0.887. The average Bonchev–Trinajstić information content (AvgIpc) is 3.17. The highest BCUT2D eigenvalue weighted by Gasteiger charge is 2.31. The quantitative estimate of drug-likeness (QED) is 0.0284. The molecule has 2 unspecified atom stereocenters. The fourth-order valence-electron chi connectivity index (χ4n) is 6.63. The fraction of sp³-hybridized carbons (Fsp3) is 0.776. The number of hydrogen-bond acceptors (Lipinski definition) is 6. The van der Waals surface area contributed by atoms with Crippen LogP contribution in [0.2, 0.25) is 0 Å². The van der Waals surface area contributed by atoms with E-state index in [-0.39, 0.29) is 36.2 Å². The van der Waals surface area contributed by atoms with Crippen LogP contribution in [-0.4, -0.2) is 80.6 Å². The second-order valence-electron chi connectivity index (χ2n) is 16.6. The number of likely N-dealkylation sites (N-methyl/N-ethyl adjacent to an activating group) is 1. The first-order valence-corrected chi connectivity index (χ1v) is 23.2. The van der Waals surface area contributed by atoms with Crippen LogP contribution in [0, 0.1) is 0 Å². The van der Waals surface area contributed by atoms with Gasteiger partial charge in [-0.15, -0.1) is 0 Å². The first-order valence-electron chi connectivity index (χ1n) is 23.2. The van der Waals surface area contributed by atoms with Gasteiger partial charge in [0.25, 0.3) is 0 Å². The van der Waals surface area contributed by atoms with Gasteiger partial charge >= 0.3 is 17.9 Å². The van der Waals surface area contributed by atoms with Crippen LogP contribution in [0.3, 0.4) is 0 Å². The van der Waals surface area contributed by atoms with Crippen molar-refractivity contribution in [3.8, 4) is 0 Å². The van der Waals surface area contributed by atoms with Crippen molar-refractivity contribution in [3.05, 3.63) is 48.6 Å². The molecule has 0 rings (SSSR count). The van der Waals surface area contributed by atoms with E-state index >= 15 is 0 Å². The Morgan fingerprint density at radius 3 is 1.51 bits per heavy atom. The van der Waals surface area contributed by atoms with Gasteiger partial charge < -0.3 is 23.8 Å². The highest BCUT2D eigenvalue weighted by atomic mass is 16.6. The number of allylic oxidation sites excluding steroid dienone is 8. The predicted octanol–water partition coefficient (Wildman–Crippen LogP) is 12.8. The molecule has 0 spiro atoms. The predicted molar refractivity (Wildman–Crippen MR) is 238 cm³/mol. The normalized spacial score (nSPS) is 13.4. The minimum Gasteiger partial charge on any atom is -0.477 e. The summed E-state index contributed by atoms with van der Waals surface area (Å²) < 4.78 is 17.2. The van der Waals surface area contributed by atoms with E-state index < -0.39 is 18.1 Å². The number of hydrogen-bond donors (Lipinski definition) is 1. The second kappa shape index (κ2) is 40.1. The molecule has 0 amide bonds. The largest absolute Gasteiger partial charge is 0.477 e. The standard InChI is InChI=1S/C49H87NO7/c1-6-8-10-12-14-16-18-20-21-22-23-24-25-26-27-28-30-32-34-36-38-40-48(52)57-45(43-55-42-41-46(49(53)54)50(3,4)5)44-56-47(51)39-37-35-33-31-29-19-17-15-13-11-9-7-2/h9,11,15,17,24-25,29,31,45-46H,6-8,10,12-14,16,18-23,26-28,30,32-44H2,1-5H3/p+1/b11-9+,17-15+,25-24+,31-29+. The summed E-state index contributed by atoms with van der Waals surface area (Å²) in [6.45, 7) is 4.58. The number of nitrogens with zero attached hydrogens (tertiary/aromatic N) is 1. The third-order valence-corrected chi connectivity index (χ3v) is 10.2. The van der Waals surface area contributed by atoms with Crippen LogP contribution in [-0.2, 0) is 28.6 Å². The zero-order valence-electron chi connectivity index (χ0n) is 37.5. The lowest BCUT2D eigenvalue weighted by atomic mass is 10.1. The lowest BCUT2D eigenvalue weighted by Gasteiger charge is -2.31. The van der Waals surface area contributed by atoms with E-state index in [2.05, 4.69) is 62.5 Å². The number of unbranched alkanes of at least 4 members (excludes halogenated alkanes) is 19. The number of carbonyl (C=O) groups excluding carboxylic acids is 2. The summed E-state index contributed by atoms with van der Waals surface area (Å²) >= 11 is 0. The van der Waals surface area contributed by atoms with Gasteiger partial charge in [-0.1, -0.05) is 152 Å². The van der Waals surface area contributed by atoms with Gasteiger partial charge in [-0.3, -0.25) is 9.59 Å². The SMILES string of the molecule is CC/C=C/C/C=C/C/C=C/CCCCC(=O)OCC(COCCC(C(=O)O)[N+](C)(C)C)OC(=O)CCCCCCCCC/C=C/CCCCCCCCCCCC. The van der Waals surface area contributed by atoms with Crippen molar-refractivity contribution in [1.29, 1.82) is 0 Å². The molecule has 0 radical (unpaired) electrons. The molecule has 8 nitrogen and oxygen atoms in total. The number of rotatable bonds is 41. The summed E-state index contributed by atoms with van der Waals surface area (Å²) in [4.78, 5) is 37.0. The van der Waals surface area contributed by atoms with Gasteiger partial charge in [-0.05, 0) is 70.6 Å². The summed E-state index contributed by atoms with van der Waals surface area (Å²) in [6.07, 6.45) is 47.4. The van der Waals surface area contributed by atoms with Crippen molar-refractivity contribution in [2.45, 2.75) is 206 Å². The minimum absolute atomic E-state index is 0.0468. The molecule has 1 N–H and O–H groups in total.